The lowest BCUT2D eigenvalue weighted by Gasteiger charge is -2.21. The Balaban J connectivity index is 1.63. The van der Waals surface area contributed by atoms with Gasteiger partial charge in [0.15, 0.2) is 0 Å². The Labute approximate surface area is 116 Å². The van der Waals surface area contributed by atoms with Gasteiger partial charge in [-0.05, 0) is 52.1 Å². The lowest BCUT2D eigenvalue weighted by molar-refractivity contribution is 0.260. The van der Waals surface area contributed by atoms with E-state index in [1.807, 2.05) is 6.33 Å². The fourth-order valence-electron chi connectivity index (χ4n) is 3.47. The van der Waals surface area contributed by atoms with Crippen LogP contribution in [-0.2, 0) is 6.54 Å². The predicted octanol–water partition coefficient (Wildman–Crippen LogP) is 2.04. The molecule has 2 aliphatic heterocycles. The van der Waals surface area contributed by atoms with Crippen molar-refractivity contribution in [2.75, 3.05) is 19.6 Å². The van der Waals surface area contributed by atoms with Gasteiger partial charge >= 0.3 is 0 Å². The number of nitrogens with zero attached hydrogens (tertiary/aromatic N) is 3. The number of aromatic nitrogens is 2. The van der Waals surface area contributed by atoms with Gasteiger partial charge in [-0.2, -0.15) is 0 Å². The van der Waals surface area contributed by atoms with E-state index in [0.29, 0.717) is 12.1 Å². The zero-order valence-electron chi connectivity index (χ0n) is 12.2. The Bertz CT molecular complexity index is 406. The summed E-state index contributed by atoms with van der Waals surface area (Å²) in [5.74, 6) is 0.789. The fraction of sp³-hybridized carbons (Fsp3) is 0.800. The molecule has 19 heavy (non-hydrogen) atoms. The molecular weight excluding hydrogens is 236 g/mol. The van der Waals surface area contributed by atoms with Crippen molar-refractivity contribution in [2.24, 2.45) is 5.92 Å². The van der Waals surface area contributed by atoms with Crippen LogP contribution in [0.25, 0.3) is 0 Å². The van der Waals surface area contributed by atoms with Gasteiger partial charge in [0.1, 0.15) is 0 Å². The summed E-state index contributed by atoms with van der Waals surface area (Å²) in [6.07, 6.45) is 7.95. The highest BCUT2D eigenvalue weighted by molar-refractivity contribution is 5.07. The summed E-state index contributed by atoms with van der Waals surface area (Å²) in [4.78, 5) is 6.96. The first-order valence-corrected chi connectivity index (χ1v) is 7.71. The second kappa shape index (κ2) is 5.63. The summed E-state index contributed by atoms with van der Waals surface area (Å²) in [5.41, 5.74) is 1.39. The van der Waals surface area contributed by atoms with Gasteiger partial charge < -0.3 is 14.8 Å². The first-order valence-electron chi connectivity index (χ1n) is 7.71. The van der Waals surface area contributed by atoms with E-state index in [-0.39, 0.29) is 0 Å². The molecule has 0 bridgehead atoms. The second-order valence-corrected chi connectivity index (χ2v) is 6.36. The van der Waals surface area contributed by atoms with E-state index in [9.17, 15) is 0 Å². The number of rotatable bonds is 4. The van der Waals surface area contributed by atoms with E-state index < -0.39 is 0 Å². The fourth-order valence-corrected chi connectivity index (χ4v) is 3.47. The zero-order valence-corrected chi connectivity index (χ0v) is 12.2. The molecule has 0 saturated carbocycles. The van der Waals surface area contributed by atoms with Crippen molar-refractivity contribution in [1.29, 1.82) is 0 Å². The van der Waals surface area contributed by atoms with E-state index in [2.05, 4.69) is 39.8 Å². The Morgan fingerprint density at radius 3 is 3.00 bits per heavy atom. The van der Waals surface area contributed by atoms with E-state index in [1.165, 1.54) is 38.0 Å². The molecule has 1 N–H and O–H groups in total. The Morgan fingerprint density at radius 1 is 1.42 bits per heavy atom. The zero-order chi connectivity index (χ0) is 13.2. The number of hydrogen-bond acceptors (Lipinski definition) is 3. The van der Waals surface area contributed by atoms with Gasteiger partial charge in [-0.3, -0.25) is 0 Å². The van der Waals surface area contributed by atoms with Gasteiger partial charge in [-0.25, -0.2) is 4.98 Å². The largest absolute Gasteiger partial charge is 0.333 e. The van der Waals surface area contributed by atoms with Crippen molar-refractivity contribution in [1.82, 2.24) is 19.8 Å². The third-order valence-corrected chi connectivity index (χ3v) is 4.66. The van der Waals surface area contributed by atoms with Crippen LogP contribution in [0, 0.1) is 5.92 Å². The summed E-state index contributed by atoms with van der Waals surface area (Å²) < 4.78 is 2.39. The van der Waals surface area contributed by atoms with Crippen LogP contribution in [0.3, 0.4) is 0 Å². The van der Waals surface area contributed by atoms with E-state index in [4.69, 9.17) is 0 Å². The predicted molar refractivity (Wildman–Crippen MR) is 77.0 cm³/mol. The van der Waals surface area contributed by atoms with Crippen molar-refractivity contribution < 1.29 is 0 Å². The molecule has 0 amide bonds. The van der Waals surface area contributed by atoms with Crippen LogP contribution in [0.15, 0.2) is 12.5 Å². The Kier molecular flexibility index (Phi) is 3.89. The average molecular weight is 262 g/mol. The van der Waals surface area contributed by atoms with Crippen molar-refractivity contribution in [3.63, 3.8) is 0 Å². The molecule has 0 spiro atoms. The molecule has 2 fully saturated rings. The minimum atomic E-state index is 0.533. The van der Waals surface area contributed by atoms with Crippen molar-refractivity contribution >= 4 is 0 Å². The van der Waals surface area contributed by atoms with Gasteiger partial charge in [0, 0.05) is 31.4 Å². The minimum absolute atomic E-state index is 0.533. The molecule has 0 aromatic carbocycles. The van der Waals surface area contributed by atoms with Crippen LogP contribution in [0.5, 0.6) is 0 Å². The standard InChI is InChI=1S/C15H26N4/c1-12(2)18-7-5-13(9-18)10-19-11-16-8-15(19)14-4-3-6-17-14/h8,11-14,17H,3-7,9-10H2,1-2H3/t13?,14-/m0/s1. The molecule has 1 unspecified atom stereocenters. The highest BCUT2D eigenvalue weighted by Crippen LogP contribution is 2.25. The average Bonchev–Trinajstić information content (AvgIpc) is 3.09. The molecular formula is C15H26N4. The first kappa shape index (κ1) is 13.1. The normalized spacial score (nSPS) is 28.6. The third-order valence-electron chi connectivity index (χ3n) is 4.66. The van der Waals surface area contributed by atoms with Gasteiger partial charge in [0.2, 0.25) is 0 Å². The van der Waals surface area contributed by atoms with E-state index in [0.717, 1.165) is 19.0 Å². The second-order valence-electron chi connectivity index (χ2n) is 6.36. The number of nitrogens with one attached hydrogen (secondary N) is 1. The quantitative estimate of drug-likeness (QED) is 0.901. The molecule has 4 heteroatoms. The first-order chi connectivity index (χ1) is 9.24. The van der Waals surface area contributed by atoms with Crippen LogP contribution in [0.2, 0.25) is 0 Å². The van der Waals surface area contributed by atoms with E-state index >= 15 is 0 Å². The van der Waals surface area contributed by atoms with Crippen molar-refractivity contribution in [3.05, 3.63) is 18.2 Å². The van der Waals surface area contributed by atoms with Gasteiger partial charge in [-0.15, -0.1) is 0 Å². The molecule has 2 atom stereocenters. The highest BCUT2D eigenvalue weighted by Gasteiger charge is 2.26. The smallest absolute Gasteiger partial charge is 0.0948 e. The molecule has 1 aromatic rings. The van der Waals surface area contributed by atoms with Gasteiger partial charge in [0.25, 0.3) is 0 Å². The third kappa shape index (κ3) is 2.84. The van der Waals surface area contributed by atoms with Crippen molar-refractivity contribution in [2.45, 2.75) is 51.7 Å². The molecule has 3 rings (SSSR count). The summed E-state index contributed by atoms with van der Waals surface area (Å²) in [7, 11) is 0. The van der Waals surface area contributed by atoms with Crippen LogP contribution in [0.4, 0.5) is 0 Å². The van der Waals surface area contributed by atoms with Gasteiger partial charge in [0.05, 0.1) is 12.0 Å². The lowest BCUT2D eigenvalue weighted by Crippen LogP contribution is -2.29. The molecule has 0 radical (unpaired) electrons. The van der Waals surface area contributed by atoms with Gasteiger partial charge in [-0.1, -0.05) is 0 Å². The lowest BCUT2D eigenvalue weighted by atomic mass is 10.1. The maximum atomic E-state index is 4.37. The maximum Gasteiger partial charge on any atom is 0.0948 e. The molecule has 2 aliphatic rings. The minimum Gasteiger partial charge on any atom is -0.333 e. The summed E-state index contributed by atoms with van der Waals surface area (Å²) >= 11 is 0. The number of imidazole rings is 1. The SMILES string of the molecule is CC(C)N1CCC(Cn2cncc2[C@@H]2CCCN2)C1. The number of likely N-dealkylation sites (tertiary alicyclic amines) is 1. The highest BCUT2D eigenvalue weighted by atomic mass is 15.2. The monoisotopic (exact) mass is 262 g/mol. The molecule has 1 aromatic heterocycles. The maximum absolute atomic E-state index is 4.37. The van der Waals surface area contributed by atoms with Crippen LogP contribution >= 0.6 is 0 Å². The van der Waals surface area contributed by atoms with Crippen molar-refractivity contribution in [3.8, 4) is 0 Å². The summed E-state index contributed by atoms with van der Waals surface area (Å²) in [6.45, 7) is 9.39. The van der Waals surface area contributed by atoms with Crippen LogP contribution in [0.1, 0.15) is 44.8 Å². The molecule has 2 saturated heterocycles. The summed E-state index contributed by atoms with van der Waals surface area (Å²) in [5, 5.41) is 3.58. The summed E-state index contributed by atoms with van der Waals surface area (Å²) in [6, 6.07) is 1.22. The van der Waals surface area contributed by atoms with E-state index in [1.54, 1.807) is 0 Å². The Morgan fingerprint density at radius 2 is 2.32 bits per heavy atom. The molecule has 4 nitrogen and oxygen atoms in total. The molecule has 3 heterocycles. The van der Waals surface area contributed by atoms with Crippen LogP contribution < -0.4 is 5.32 Å². The van der Waals surface area contributed by atoms with Crippen LogP contribution in [-0.4, -0.2) is 40.1 Å². The number of hydrogen-bond donors (Lipinski definition) is 1. The topological polar surface area (TPSA) is 33.1 Å². The Hall–Kier alpha value is -0.870. The molecule has 0 aliphatic carbocycles. The molecule has 106 valence electrons.